The van der Waals surface area contributed by atoms with Crippen LogP contribution in [-0.4, -0.2) is 60.8 Å². The van der Waals surface area contributed by atoms with Crippen molar-refractivity contribution in [3.63, 3.8) is 0 Å². The second-order valence-corrected chi connectivity index (χ2v) is 9.97. The predicted octanol–water partition coefficient (Wildman–Crippen LogP) is 5.11. The molecule has 7 nitrogen and oxygen atoms in total. The predicted molar refractivity (Wildman–Crippen MR) is 140 cm³/mol. The average molecular weight is 495 g/mol. The Morgan fingerprint density at radius 1 is 1.11 bits per heavy atom. The highest BCUT2D eigenvalue weighted by Crippen LogP contribution is 2.28. The normalized spacial score (nSPS) is 14.9. The Bertz CT molecular complexity index is 1060. The molecule has 0 atom stereocenters. The first-order valence-corrected chi connectivity index (χ1v) is 13.0. The van der Waals surface area contributed by atoms with Gasteiger partial charge in [0.05, 0.1) is 12.2 Å². The molecule has 3 aromatic rings. The van der Waals surface area contributed by atoms with Gasteiger partial charge >= 0.3 is 0 Å². The van der Waals surface area contributed by atoms with Crippen LogP contribution in [0, 0.1) is 5.92 Å². The quantitative estimate of drug-likeness (QED) is 0.277. The highest BCUT2D eigenvalue weighted by atomic mass is 32.1. The van der Waals surface area contributed by atoms with Crippen LogP contribution in [0.2, 0.25) is 0 Å². The molecule has 0 spiro atoms. The van der Waals surface area contributed by atoms with Crippen molar-refractivity contribution in [2.75, 3.05) is 39.2 Å². The number of pyridine rings is 1. The lowest BCUT2D eigenvalue weighted by atomic mass is 9.90. The van der Waals surface area contributed by atoms with Crippen LogP contribution in [0.25, 0.3) is 10.7 Å². The topological polar surface area (TPSA) is 76.6 Å². The largest absolute Gasteiger partial charge is 0.379 e. The molecule has 1 saturated heterocycles. The summed E-state index contributed by atoms with van der Waals surface area (Å²) < 4.78 is 10.5. The van der Waals surface area contributed by atoms with Gasteiger partial charge in [-0.05, 0) is 62.5 Å². The maximum atomic E-state index is 13.0. The van der Waals surface area contributed by atoms with Crippen LogP contribution >= 0.6 is 11.3 Å². The van der Waals surface area contributed by atoms with Gasteiger partial charge in [0.2, 0.25) is 0 Å². The SMILES string of the molecule is COC(CNc1ccccc1C(=O)CCC1CCN(Cc2cnc(-c3ccccn3)s2)CC1)OC. The molecule has 186 valence electrons. The van der Waals surface area contributed by atoms with Crippen LogP contribution in [0.3, 0.4) is 0 Å². The summed E-state index contributed by atoms with van der Waals surface area (Å²) >= 11 is 1.72. The number of carbonyl (C=O) groups is 1. The van der Waals surface area contributed by atoms with E-state index in [1.165, 1.54) is 4.88 Å². The number of nitrogens with zero attached hydrogens (tertiary/aromatic N) is 3. The first-order valence-electron chi connectivity index (χ1n) is 12.2. The Labute approximate surface area is 211 Å². The number of likely N-dealkylation sites (tertiary alicyclic amines) is 1. The standard InChI is InChI=1S/C27H34N4O3S/c1-33-26(34-2)18-29-23-8-4-3-7-22(23)25(32)11-10-20-12-15-31(16-13-20)19-21-17-30-27(35-21)24-9-5-6-14-28-24/h3-9,14,17,20,26,29H,10-13,15-16,18-19H2,1-2H3. The van der Waals surface area contributed by atoms with E-state index in [1.807, 2.05) is 48.7 Å². The van der Waals surface area contributed by atoms with E-state index < -0.39 is 0 Å². The average Bonchev–Trinajstić information content (AvgIpc) is 3.38. The van der Waals surface area contributed by atoms with E-state index in [0.29, 0.717) is 18.9 Å². The maximum absolute atomic E-state index is 13.0. The summed E-state index contributed by atoms with van der Waals surface area (Å²) in [7, 11) is 3.21. The van der Waals surface area contributed by atoms with Crippen LogP contribution in [0.4, 0.5) is 5.69 Å². The third kappa shape index (κ3) is 7.18. The first kappa shape index (κ1) is 25.4. The van der Waals surface area contributed by atoms with E-state index >= 15 is 0 Å². The summed E-state index contributed by atoms with van der Waals surface area (Å²) in [5.41, 5.74) is 2.51. The van der Waals surface area contributed by atoms with E-state index in [-0.39, 0.29) is 12.1 Å². The summed E-state index contributed by atoms with van der Waals surface area (Å²) in [5.74, 6) is 0.779. The number of benzene rings is 1. The Morgan fingerprint density at radius 3 is 2.63 bits per heavy atom. The fraction of sp³-hybridized carbons (Fsp3) is 0.444. The summed E-state index contributed by atoms with van der Waals surface area (Å²) in [6.45, 7) is 3.53. The fourth-order valence-corrected chi connectivity index (χ4v) is 5.38. The van der Waals surface area contributed by atoms with E-state index in [0.717, 1.165) is 60.8 Å². The number of Topliss-reactive ketones (excluding diaryl/α,β-unsaturated/α-hetero) is 1. The van der Waals surface area contributed by atoms with Gasteiger partial charge in [-0.3, -0.25) is 14.7 Å². The van der Waals surface area contributed by atoms with E-state index in [2.05, 4.69) is 20.2 Å². The van der Waals surface area contributed by atoms with Gasteiger partial charge in [0.15, 0.2) is 12.1 Å². The zero-order valence-electron chi connectivity index (χ0n) is 20.5. The molecule has 0 saturated carbocycles. The van der Waals surface area contributed by atoms with Crippen LogP contribution in [0.15, 0.2) is 54.9 Å². The van der Waals surface area contributed by atoms with Crippen molar-refractivity contribution < 1.29 is 14.3 Å². The Kier molecular flexibility index (Phi) is 9.36. The van der Waals surface area contributed by atoms with Crippen molar-refractivity contribution in [1.29, 1.82) is 0 Å². The summed E-state index contributed by atoms with van der Waals surface area (Å²) in [6.07, 6.45) is 7.19. The molecule has 2 aromatic heterocycles. The number of aromatic nitrogens is 2. The molecule has 0 unspecified atom stereocenters. The minimum atomic E-state index is -0.352. The number of piperidine rings is 1. The molecule has 35 heavy (non-hydrogen) atoms. The Morgan fingerprint density at radius 2 is 1.89 bits per heavy atom. The van der Waals surface area contributed by atoms with Gasteiger partial charge in [-0.15, -0.1) is 11.3 Å². The summed E-state index contributed by atoms with van der Waals surface area (Å²) in [6, 6.07) is 13.6. The molecule has 4 rings (SSSR count). The van der Waals surface area contributed by atoms with Gasteiger partial charge in [0, 0.05) is 55.7 Å². The minimum Gasteiger partial charge on any atom is -0.379 e. The smallest absolute Gasteiger partial charge is 0.173 e. The van der Waals surface area contributed by atoms with E-state index in [9.17, 15) is 4.79 Å². The number of para-hydroxylation sites is 1. The minimum absolute atomic E-state index is 0.189. The van der Waals surface area contributed by atoms with Gasteiger partial charge in [0.25, 0.3) is 0 Å². The Hall–Kier alpha value is -2.65. The van der Waals surface area contributed by atoms with Crippen LogP contribution in [0.5, 0.6) is 0 Å². The number of anilines is 1. The number of nitrogens with one attached hydrogen (secondary N) is 1. The summed E-state index contributed by atoms with van der Waals surface area (Å²) in [4.78, 5) is 25.7. The van der Waals surface area contributed by atoms with Gasteiger partial charge in [-0.1, -0.05) is 18.2 Å². The highest BCUT2D eigenvalue weighted by Gasteiger charge is 2.22. The zero-order chi connectivity index (χ0) is 24.5. The first-order chi connectivity index (χ1) is 17.2. The number of rotatable bonds is 12. The lowest BCUT2D eigenvalue weighted by molar-refractivity contribution is -0.0914. The molecule has 3 heterocycles. The van der Waals surface area contributed by atoms with Gasteiger partial charge in [-0.25, -0.2) is 4.98 Å². The maximum Gasteiger partial charge on any atom is 0.173 e. The molecule has 1 aromatic carbocycles. The number of thiazole rings is 1. The summed E-state index contributed by atoms with van der Waals surface area (Å²) in [5, 5.41) is 4.27. The van der Waals surface area contributed by atoms with Crippen molar-refractivity contribution in [3.8, 4) is 10.7 Å². The van der Waals surface area contributed by atoms with Crippen LogP contribution in [0.1, 0.15) is 40.9 Å². The van der Waals surface area contributed by atoms with Crippen molar-refractivity contribution in [2.45, 2.75) is 38.5 Å². The van der Waals surface area contributed by atoms with Gasteiger partial charge in [0.1, 0.15) is 5.01 Å². The highest BCUT2D eigenvalue weighted by molar-refractivity contribution is 7.14. The molecule has 1 fully saturated rings. The van der Waals surface area contributed by atoms with Crippen molar-refractivity contribution in [1.82, 2.24) is 14.9 Å². The molecule has 0 aliphatic carbocycles. The van der Waals surface area contributed by atoms with Gasteiger partial charge < -0.3 is 14.8 Å². The molecule has 0 bridgehead atoms. The number of ketones is 1. The van der Waals surface area contributed by atoms with Crippen molar-refractivity contribution in [3.05, 3.63) is 65.3 Å². The van der Waals surface area contributed by atoms with Gasteiger partial charge in [-0.2, -0.15) is 0 Å². The number of hydrogen-bond acceptors (Lipinski definition) is 8. The third-order valence-corrected chi connectivity index (χ3v) is 7.52. The molecule has 1 N–H and O–H groups in total. The monoisotopic (exact) mass is 494 g/mol. The number of hydrogen-bond donors (Lipinski definition) is 1. The second-order valence-electron chi connectivity index (χ2n) is 8.86. The molecule has 1 aliphatic rings. The second kappa shape index (κ2) is 12.9. The van der Waals surface area contributed by atoms with Crippen LogP contribution < -0.4 is 5.32 Å². The van der Waals surface area contributed by atoms with Crippen molar-refractivity contribution >= 4 is 22.8 Å². The van der Waals surface area contributed by atoms with Crippen LogP contribution in [-0.2, 0) is 16.0 Å². The number of ether oxygens (including phenoxy) is 2. The molecule has 8 heteroatoms. The lowest BCUT2D eigenvalue weighted by Gasteiger charge is -2.31. The van der Waals surface area contributed by atoms with E-state index in [1.54, 1.807) is 31.8 Å². The molecule has 1 aliphatic heterocycles. The number of methoxy groups -OCH3 is 2. The molecular weight excluding hydrogens is 460 g/mol. The molecular formula is C27H34N4O3S. The Balaban J connectivity index is 1.22. The lowest BCUT2D eigenvalue weighted by Crippen LogP contribution is -2.33. The van der Waals surface area contributed by atoms with E-state index in [4.69, 9.17) is 9.47 Å². The fourth-order valence-electron chi connectivity index (χ4n) is 4.45. The zero-order valence-corrected chi connectivity index (χ0v) is 21.3. The molecule has 0 amide bonds. The molecule has 0 radical (unpaired) electrons. The number of carbonyl (C=O) groups excluding carboxylic acids is 1. The third-order valence-electron chi connectivity index (χ3n) is 6.52. The van der Waals surface area contributed by atoms with Crippen molar-refractivity contribution in [2.24, 2.45) is 5.92 Å².